The fourth-order valence-electron chi connectivity index (χ4n) is 1.43. The molecule has 0 unspecified atom stereocenters. The Morgan fingerprint density at radius 2 is 2.35 bits per heavy atom. The number of aromatic nitrogens is 4. The highest BCUT2D eigenvalue weighted by atomic mass is 16.5. The van der Waals surface area contributed by atoms with Crippen molar-refractivity contribution in [3.8, 4) is 5.75 Å². The molecule has 1 aromatic heterocycles. The van der Waals surface area contributed by atoms with Crippen molar-refractivity contribution in [2.45, 2.75) is 6.54 Å². The number of hydrogen-bond donors (Lipinski definition) is 2. The summed E-state index contributed by atoms with van der Waals surface area (Å²) >= 11 is 0. The lowest BCUT2D eigenvalue weighted by molar-refractivity contribution is -0.122. The first-order valence-electron chi connectivity index (χ1n) is 5.67. The van der Waals surface area contributed by atoms with Crippen molar-refractivity contribution < 1.29 is 9.53 Å². The molecule has 0 aliphatic heterocycles. The van der Waals surface area contributed by atoms with E-state index in [1.807, 2.05) is 18.2 Å². The van der Waals surface area contributed by atoms with E-state index in [0.29, 0.717) is 5.75 Å². The van der Waals surface area contributed by atoms with Gasteiger partial charge in [-0.2, -0.15) is 9.90 Å². The molecule has 2 rings (SSSR count). The van der Waals surface area contributed by atoms with Crippen LogP contribution in [0, 0.1) is 0 Å². The van der Waals surface area contributed by atoms with Crippen molar-refractivity contribution >= 4 is 18.1 Å². The molecule has 0 spiro atoms. The smallest absolute Gasteiger partial charge is 0.263 e. The van der Waals surface area contributed by atoms with Gasteiger partial charge in [-0.25, -0.2) is 5.43 Å². The first-order valence-corrected chi connectivity index (χ1v) is 5.67. The number of nitrogens with two attached hydrogens (primary N) is 1. The van der Waals surface area contributed by atoms with E-state index in [9.17, 15) is 4.79 Å². The van der Waals surface area contributed by atoms with Gasteiger partial charge in [0.15, 0.2) is 0 Å². The molecule has 1 heterocycles. The van der Waals surface area contributed by atoms with Crippen LogP contribution in [0.1, 0.15) is 5.56 Å². The van der Waals surface area contributed by atoms with E-state index in [-0.39, 0.29) is 12.5 Å². The topological polar surface area (TPSA) is 120 Å². The second kappa shape index (κ2) is 6.27. The average Bonchev–Trinajstić information content (AvgIpc) is 2.84. The summed E-state index contributed by atoms with van der Waals surface area (Å²) in [6, 6.07) is 7.29. The number of carbonyl (C=O) groups excluding carboxylic acids is 1. The molecular formula is C11H13N7O2. The number of methoxy groups -OCH3 is 1. The minimum absolute atomic E-state index is 0.00956. The Labute approximate surface area is 114 Å². The van der Waals surface area contributed by atoms with Crippen molar-refractivity contribution in [3.63, 3.8) is 0 Å². The van der Waals surface area contributed by atoms with Crippen LogP contribution < -0.4 is 15.9 Å². The molecule has 0 saturated heterocycles. The number of tetrazole rings is 1. The average molecular weight is 275 g/mol. The predicted molar refractivity (Wildman–Crippen MR) is 71.0 cm³/mol. The van der Waals surface area contributed by atoms with Crippen molar-refractivity contribution in [2.24, 2.45) is 5.10 Å². The van der Waals surface area contributed by atoms with Gasteiger partial charge in [0.1, 0.15) is 12.3 Å². The second-order valence-corrected chi connectivity index (χ2v) is 3.71. The fourth-order valence-corrected chi connectivity index (χ4v) is 1.43. The third-order valence-corrected chi connectivity index (χ3v) is 2.29. The van der Waals surface area contributed by atoms with Gasteiger partial charge in [-0.1, -0.05) is 17.2 Å². The number of amides is 1. The largest absolute Gasteiger partial charge is 0.496 e. The number of hydrazone groups is 1. The Morgan fingerprint density at radius 1 is 1.55 bits per heavy atom. The number of hydrogen-bond acceptors (Lipinski definition) is 7. The minimum Gasteiger partial charge on any atom is -0.496 e. The lowest BCUT2D eigenvalue weighted by atomic mass is 10.2. The number of anilines is 1. The standard InChI is InChI=1S/C11H13N7O2/c1-20-9-5-3-2-4-8(9)6-13-14-10(19)7-18-16-11(12)15-17-18/h2-6H,7H2,1H3,(H2,12,16)(H,14,19). The Balaban J connectivity index is 1.91. The highest BCUT2D eigenvalue weighted by Gasteiger charge is 2.04. The third-order valence-electron chi connectivity index (χ3n) is 2.29. The van der Waals surface area contributed by atoms with Crippen LogP contribution in [0.4, 0.5) is 5.95 Å². The number of rotatable bonds is 5. The minimum atomic E-state index is -0.395. The van der Waals surface area contributed by atoms with E-state index in [1.165, 1.54) is 6.21 Å². The molecule has 3 N–H and O–H groups in total. The molecule has 1 amide bonds. The molecule has 0 aliphatic carbocycles. The first-order chi connectivity index (χ1) is 9.69. The van der Waals surface area contributed by atoms with E-state index in [2.05, 4.69) is 25.9 Å². The third kappa shape index (κ3) is 3.51. The zero-order valence-electron chi connectivity index (χ0n) is 10.7. The van der Waals surface area contributed by atoms with Crippen LogP contribution in [0.3, 0.4) is 0 Å². The van der Waals surface area contributed by atoms with Crippen molar-refractivity contribution in [1.29, 1.82) is 0 Å². The number of nitrogens with one attached hydrogen (secondary N) is 1. The summed E-state index contributed by atoms with van der Waals surface area (Å²) in [5, 5.41) is 14.5. The van der Waals surface area contributed by atoms with Gasteiger partial charge in [0.05, 0.1) is 13.3 Å². The SMILES string of the molecule is COc1ccccc1C=NNC(=O)Cn1nnc(N)n1. The van der Waals surface area contributed by atoms with Crippen LogP contribution in [0.5, 0.6) is 5.75 Å². The van der Waals surface area contributed by atoms with Crippen molar-refractivity contribution in [1.82, 2.24) is 25.6 Å². The van der Waals surface area contributed by atoms with E-state index in [4.69, 9.17) is 10.5 Å². The molecule has 20 heavy (non-hydrogen) atoms. The van der Waals surface area contributed by atoms with Crippen LogP contribution in [0.25, 0.3) is 0 Å². The van der Waals surface area contributed by atoms with Gasteiger partial charge in [-0.3, -0.25) is 4.79 Å². The van der Waals surface area contributed by atoms with Gasteiger partial charge >= 0.3 is 0 Å². The summed E-state index contributed by atoms with van der Waals surface area (Å²) in [5.41, 5.74) is 8.38. The molecule has 0 radical (unpaired) electrons. The van der Waals surface area contributed by atoms with Crippen LogP contribution in [-0.4, -0.2) is 39.4 Å². The molecule has 0 aliphatic rings. The maximum atomic E-state index is 11.5. The Morgan fingerprint density at radius 3 is 3.05 bits per heavy atom. The zero-order chi connectivity index (χ0) is 14.4. The second-order valence-electron chi connectivity index (χ2n) is 3.71. The molecular weight excluding hydrogens is 262 g/mol. The Hall–Kier alpha value is -2.97. The summed E-state index contributed by atoms with van der Waals surface area (Å²) in [6.45, 7) is -0.118. The predicted octanol–water partition coefficient (Wildman–Crippen LogP) is -0.586. The lowest BCUT2D eigenvalue weighted by Crippen LogP contribution is -2.24. The molecule has 0 bridgehead atoms. The number of carbonyl (C=O) groups is 1. The first kappa shape index (κ1) is 13.5. The lowest BCUT2D eigenvalue weighted by Gasteiger charge is -2.03. The molecule has 9 nitrogen and oxygen atoms in total. The van der Waals surface area contributed by atoms with E-state index >= 15 is 0 Å². The fraction of sp³-hybridized carbons (Fsp3) is 0.182. The molecule has 1 aromatic carbocycles. The zero-order valence-corrected chi connectivity index (χ0v) is 10.7. The van der Waals surface area contributed by atoms with E-state index in [0.717, 1.165) is 10.4 Å². The van der Waals surface area contributed by atoms with E-state index < -0.39 is 5.91 Å². The van der Waals surface area contributed by atoms with Gasteiger partial charge in [0.25, 0.3) is 11.9 Å². The molecule has 0 atom stereocenters. The summed E-state index contributed by atoms with van der Waals surface area (Å²) in [5.74, 6) is 0.278. The summed E-state index contributed by atoms with van der Waals surface area (Å²) in [4.78, 5) is 12.6. The van der Waals surface area contributed by atoms with Crippen LogP contribution in [0.15, 0.2) is 29.4 Å². The van der Waals surface area contributed by atoms with Gasteiger partial charge in [-0.05, 0) is 17.3 Å². The van der Waals surface area contributed by atoms with Gasteiger partial charge in [0.2, 0.25) is 0 Å². The van der Waals surface area contributed by atoms with Gasteiger partial charge in [0, 0.05) is 5.56 Å². The number of nitrogen functional groups attached to an aromatic ring is 1. The maximum Gasteiger partial charge on any atom is 0.263 e. The molecule has 0 saturated carbocycles. The number of ether oxygens (including phenoxy) is 1. The van der Waals surface area contributed by atoms with Gasteiger partial charge < -0.3 is 10.5 Å². The highest BCUT2D eigenvalue weighted by molar-refractivity contribution is 5.85. The van der Waals surface area contributed by atoms with Gasteiger partial charge in [-0.15, -0.1) is 5.10 Å². The summed E-state index contributed by atoms with van der Waals surface area (Å²) in [7, 11) is 1.56. The molecule has 2 aromatic rings. The monoisotopic (exact) mass is 275 g/mol. The Bertz CT molecular complexity index is 623. The van der Waals surface area contributed by atoms with Crippen molar-refractivity contribution in [3.05, 3.63) is 29.8 Å². The number of benzene rings is 1. The summed E-state index contributed by atoms with van der Waals surface area (Å²) < 4.78 is 5.15. The molecule has 0 fully saturated rings. The van der Waals surface area contributed by atoms with Crippen LogP contribution in [-0.2, 0) is 11.3 Å². The quantitative estimate of drug-likeness (QED) is 0.556. The Kier molecular flexibility index (Phi) is 4.22. The number of para-hydroxylation sites is 1. The molecule has 104 valence electrons. The number of nitrogens with zero attached hydrogens (tertiary/aromatic N) is 5. The normalized spacial score (nSPS) is 10.7. The maximum absolute atomic E-state index is 11.5. The summed E-state index contributed by atoms with van der Waals surface area (Å²) in [6.07, 6.45) is 1.49. The van der Waals surface area contributed by atoms with Crippen molar-refractivity contribution in [2.75, 3.05) is 12.8 Å². The van der Waals surface area contributed by atoms with E-state index in [1.54, 1.807) is 13.2 Å². The molecule has 9 heteroatoms. The highest BCUT2D eigenvalue weighted by Crippen LogP contribution is 2.14. The van der Waals surface area contributed by atoms with Crippen LogP contribution in [0.2, 0.25) is 0 Å². The van der Waals surface area contributed by atoms with Crippen LogP contribution >= 0.6 is 0 Å².